The number of benzene rings is 2. The van der Waals surface area contributed by atoms with Crippen LogP contribution in [0.25, 0.3) is 0 Å². The minimum absolute atomic E-state index is 0.0160. The topological polar surface area (TPSA) is 62.2 Å². The predicted molar refractivity (Wildman–Crippen MR) is 122 cm³/mol. The maximum atomic E-state index is 12.3. The number of likely N-dealkylation sites (N-methyl/N-ethyl adjacent to an activating group) is 1. The molecule has 2 aromatic rings. The van der Waals surface area contributed by atoms with E-state index in [1.54, 1.807) is 6.07 Å². The third-order valence-electron chi connectivity index (χ3n) is 5.47. The zero-order valence-electron chi connectivity index (χ0n) is 18.6. The van der Waals surface area contributed by atoms with Crippen molar-refractivity contribution >= 4 is 5.78 Å². The zero-order valence-corrected chi connectivity index (χ0v) is 18.6. The Morgan fingerprint density at radius 3 is 2.48 bits per heavy atom. The maximum Gasteiger partial charge on any atom is 0.170 e. The number of nitrogens with zero attached hydrogens (tertiary/aromatic N) is 2. The Morgan fingerprint density at radius 1 is 1.06 bits per heavy atom. The van der Waals surface area contributed by atoms with Crippen LogP contribution in [0.2, 0.25) is 0 Å². The standard InChI is InChI=1S/C25H34N2O4/c1-26(2)15-16-30-24-9-5-6-10-25(24)31-19-23(29)12-11-22(28)18-27-14-13-20-7-3-4-8-21(20)17-27/h3-10,22,28H,11-19H2,1-2H3/t22-/m0/s1. The van der Waals surface area contributed by atoms with Gasteiger partial charge >= 0.3 is 0 Å². The Hall–Kier alpha value is -2.41. The molecule has 0 spiro atoms. The third kappa shape index (κ3) is 7.65. The molecule has 1 heterocycles. The van der Waals surface area contributed by atoms with Gasteiger partial charge in [0.1, 0.15) is 13.2 Å². The van der Waals surface area contributed by atoms with E-state index in [0.29, 0.717) is 37.5 Å². The van der Waals surface area contributed by atoms with Crippen molar-refractivity contribution in [3.63, 3.8) is 0 Å². The summed E-state index contributed by atoms with van der Waals surface area (Å²) < 4.78 is 11.5. The van der Waals surface area contributed by atoms with Gasteiger partial charge in [0.15, 0.2) is 17.3 Å². The van der Waals surface area contributed by atoms with Crippen molar-refractivity contribution in [3.05, 3.63) is 59.7 Å². The minimum atomic E-state index is -0.518. The Labute approximate surface area is 185 Å². The molecule has 0 aromatic heterocycles. The highest BCUT2D eigenvalue weighted by Crippen LogP contribution is 2.26. The maximum absolute atomic E-state index is 12.3. The lowest BCUT2D eigenvalue weighted by molar-refractivity contribution is -0.121. The number of carbonyl (C=O) groups excluding carboxylic acids is 1. The molecule has 6 heteroatoms. The first kappa shape index (κ1) is 23.3. The molecule has 3 rings (SSSR count). The molecule has 1 N–H and O–H groups in total. The van der Waals surface area contributed by atoms with Gasteiger partial charge in [-0.1, -0.05) is 36.4 Å². The molecule has 6 nitrogen and oxygen atoms in total. The lowest BCUT2D eigenvalue weighted by Gasteiger charge is -2.30. The number of fused-ring (bicyclic) bond motifs is 1. The van der Waals surface area contributed by atoms with Crippen LogP contribution in [0.1, 0.15) is 24.0 Å². The van der Waals surface area contributed by atoms with Crippen molar-refractivity contribution in [2.24, 2.45) is 0 Å². The van der Waals surface area contributed by atoms with Crippen LogP contribution in [0.3, 0.4) is 0 Å². The molecule has 0 radical (unpaired) electrons. The van der Waals surface area contributed by atoms with Gasteiger partial charge in [-0.05, 0) is 50.2 Å². The van der Waals surface area contributed by atoms with Gasteiger partial charge in [0.2, 0.25) is 0 Å². The van der Waals surface area contributed by atoms with Gasteiger partial charge in [0, 0.05) is 32.6 Å². The number of rotatable bonds is 12. The average Bonchev–Trinajstić information content (AvgIpc) is 2.76. The minimum Gasteiger partial charge on any atom is -0.488 e. The second-order valence-corrected chi connectivity index (χ2v) is 8.37. The van der Waals surface area contributed by atoms with Gasteiger partial charge in [-0.2, -0.15) is 0 Å². The molecule has 0 unspecified atom stereocenters. The van der Waals surface area contributed by atoms with E-state index >= 15 is 0 Å². The molecule has 2 aromatic carbocycles. The molecule has 0 saturated carbocycles. The fourth-order valence-electron chi connectivity index (χ4n) is 3.68. The normalized spacial score (nSPS) is 14.8. The first-order valence-electron chi connectivity index (χ1n) is 11.0. The molecule has 0 amide bonds. The summed E-state index contributed by atoms with van der Waals surface area (Å²) in [6.45, 7) is 3.72. The van der Waals surface area contributed by atoms with Crippen LogP contribution in [0.4, 0.5) is 0 Å². The van der Waals surface area contributed by atoms with Crippen LogP contribution < -0.4 is 9.47 Å². The van der Waals surface area contributed by atoms with Crippen molar-refractivity contribution < 1.29 is 19.4 Å². The number of β-amino-alcohol motifs (C(OH)–C–C–N with tert-alkyl or cyclic N) is 1. The van der Waals surface area contributed by atoms with Gasteiger partial charge in [0.25, 0.3) is 0 Å². The van der Waals surface area contributed by atoms with Crippen molar-refractivity contribution in [1.82, 2.24) is 9.80 Å². The quantitative estimate of drug-likeness (QED) is 0.563. The Bertz CT molecular complexity index is 840. The van der Waals surface area contributed by atoms with Gasteiger partial charge < -0.3 is 19.5 Å². The third-order valence-corrected chi connectivity index (χ3v) is 5.47. The predicted octanol–water partition coefficient (Wildman–Crippen LogP) is 2.77. The smallest absolute Gasteiger partial charge is 0.170 e. The van der Waals surface area contributed by atoms with Crippen molar-refractivity contribution in [1.29, 1.82) is 0 Å². The van der Waals surface area contributed by atoms with E-state index in [1.165, 1.54) is 11.1 Å². The summed E-state index contributed by atoms with van der Waals surface area (Å²) in [7, 11) is 3.98. The van der Waals surface area contributed by atoms with E-state index in [1.807, 2.05) is 37.2 Å². The van der Waals surface area contributed by atoms with Crippen LogP contribution in [0.15, 0.2) is 48.5 Å². The molecule has 168 valence electrons. The highest BCUT2D eigenvalue weighted by Gasteiger charge is 2.19. The average molecular weight is 427 g/mol. The molecule has 0 fully saturated rings. The monoisotopic (exact) mass is 426 g/mol. The summed E-state index contributed by atoms with van der Waals surface area (Å²) in [5.74, 6) is 1.19. The van der Waals surface area contributed by atoms with E-state index in [4.69, 9.17) is 9.47 Å². The van der Waals surface area contributed by atoms with Crippen LogP contribution in [0.5, 0.6) is 11.5 Å². The highest BCUT2D eigenvalue weighted by molar-refractivity contribution is 5.80. The van der Waals surface area contributed by atoms with E-state index in [0.717, 1.165) is 26.1 Å². The molecule has 31 heavy (non-hydrogen) atoms. The number of ether oxygens (including phenoxy) is 2. The van der Waals surface area contributed by atoms with Crippen LogP contribution >= 0.6 is 0 Å². The largest absolute Gasteiger partial charge is 0.488 e. The Kier molecular flexibility index (Phi) is 8.88. The summed E-state index contributed by atoms with van der Waals surface area (Å²) in [6.07, 6.45) is 1.23. The number of aliphatic hydroxyl groups is 1. The second kappa shape index (κ2) is 11.8. The Morgan fingerprint density at radius 2 is 1.74 bits per heavy atom. The van der Waals surface area contributed by atoms with Gasteiger partial charge in [-0.3, -0.25) is 9.69 Å². The number of hydrogen-bond donors (Lipinski definition) is 1. The zero-order chi connectivity index (χ0) is 22.1. The fourth-order valence-corrected chi connectivity index (χ4v) is 3.68. The highest BCUT2D eigenvalue weighted by atomic mass is 16.5. The summed E-state index contributed by atoms with van der Waals surface area (Å²) in [6, 6.07) is 15.9. The van der Waals surface area contributed by atoms with Crippen LogP contribution in [0, 0.1) is 0 Å². The SMILES string of the molecule is CN(C)CCOc1ccccc1OCC(=O)CC[C@H](O)CN1CCc2ccccc2C1. The summed E-state index contributed by atoms with van der Waals surface area (Å²) in [5, 5.41) is 10.4. The molecule has 0 saturated heterocycles. The number of Topliss-reactive ketones (excluding diaryl/α,β-unsaturated/α-hetero) is 1. The molecular formula is C25H34N2O4. The number of aliphatic hydroxyl groups excluding tert-OH is 1. The summed E-state index contributed by atoms with van der Waals surface area (Å²) in [4.78, 5) is 16.6. The molecular weight excluding hydrogens is 392 g/mol. The van der Waals surface area contributed by atoms with Crippen molar-refractivity contribution in [3.8, 4) is 11.5 Å². The van der Waals surface area contributed by atoms with E-state index in [9.17, 15) is 9.90 Å². The molecule has 1 atom stereocenters. The lowest BCUT2D eigenvalue weighted by atomic mass is 9.99. The molecule has 0 aliphatic carbocycles. The summed E-state index contributed by atoms with van der Waals surface area (Å²) >= 11 is 0. The first-order valence-corrected chi connectivity index (χ1v) is 11.0. The van der Waals surface area contributed by atoms with Crippen LogP contribution in [-0.4, -0.2) is 73.7 Å². The van der Waals surface area contributed by atoms with Gasteiger partial charge in [0.05, 0.1) is 6.10 Å². The van der Waals surface area contributed by atoms with Crippen molar-refractivity contribution in [2.45, 2.75) is 31.9 Å². The Balaban J connectivity index is 1.38. The van der Waals surface area contributed by atoms with E-state index in [2.05, 4.69) is 29.2 Å². The molecule has 1 aliphatic rings. The number of carbonyl (C=O) groups is 1. The second-order valence-electron chi connectivity index (χ2n) is 8.37. The molecule has 1 aliphatic heterocycles. The molecule has 0 bridgehead atoms. The van der Waals surface area contributed by atoms with Crippen LogP contribution in [-0.2, 0) is 17.8 Å². The number of ketones is 1. The number of hydrogen-bond acceptors (Lipinski definition) is 6. The number of para-hydroxylation sites is 2. The van der Waals surface area contributed by atoms with E-state index < -0.39 is 6.10 Å². The van der Waals surface area contributed by atoms with E-state index in [-0.39, 0.29) is 12.4 Å². The first-order chi connectivity index (χ1) is 15.0. The lowest BCUT2D eigenvalue weighted by Crippen LogP contribution is -2.36. The van der Waals surface area contributed by atoms with Gasteiger partial charge in [-0.15, -0.1) is 0 Å². The summed E-state index contributed by atoms with van der Waals surface area (Å²) in [5.41, 5.74) is 2.73. The fraction of sp³-hybridized carbons (Fsp3) is 0.480. The van der Waals surface area contributed by atoms with Crippen molar-refractivity contribution in [2.75, 3.05) is 46.9 Å². The van der Waals surface area contributed by atoms with Gasteiger partial charge in [-0.25, -0.2) is 0 Å².